The molecule has 0 aromatic heterocycles. The fourth-order valence-corrected chi connectivity index (χ4v) is 1.91. The molecule has 0 unspecified atom stereocenters. The van der Waals surface area contributed by atoms with E-state index in [0.717, 1.165) is 5.75 Å². The summed E-state index contributed by atoms with van der Waals surface area (Å²) in [5.74, 6) is 0.998. The Labute approximate surface area is 80.3 Å². The second kappa shape index (κ2) is 4.28. The Morgan fingerprint density at radius 1 is 1.31 bits per heavy atom. The highest BCUT2D eigenvalue weighted by Crippen LogP contribution is 2.13. The van der Waals surface area contributed by atoms with Crippen LogP contribution in [-0.4, -0.2) is 17.4 Å². The molecule has 4 heteroatoms. The zero-order chi connectivity index (χ0) is 9.84. The highest BCUT2D eigenvalue weighted by atomic mass is 32.2. The van der Waals surface area contributed by atoms with E-state index in [9.17, 15) is 10.1 Å². The van der Waals surface area contributed by atoms with Crippen molar-refractivity contribution >= 4 is 16.6 Å². The zero-order valence-corrected chi connectivity index (χ0v) is 8.50. The van der Waals surface area contributed by atoms with Gasteiger partial charge in [-0.3, -0.25) is 10.1 Å². The van der Waals surface area contributed by atoms with E-state index < -0.39 is 0 Å². The van der Waals surface area contributed by atoms with Gasteiger partial charge in [0.1, 0.15) is 5.75 Å². The Morgan fingerprint density at radius 2 is 1.85 bits per heavy atom. The predicted octanol–water partition coefficient (Wildman–Crippen LogP) is 1.97. The summed E-state index contributed by atoms with van der Waals surface area (Å²) in [4.78, 5) is 9.97. The lowest BCUT2D eigenvalue weighted by atomic mass is 10.2. The highest BCUT2D eigenvalue weighted by molar-refractivity contribution is 7.94. The Morgan fingerprint density at radius 3 is 2.23 bits per heavy atom. The van der Waals surface area contributed by atoms with E-state index in [1.807, 2.05) is 12.1 Å². The number of hydrogen-bond acceptors (Lipinski definition) is 2. The van der Waals surface area contributed by atoms with E-state index in [1.165, 1.54) is 5.56 Å². The number of benzene rings is 1. The highest BCUT2D eigenvalue weighted by Gasteiger charge is 2.07. The maximum absolute atomic E-state index is 10.3. The molecule has 0 heterocycles. The molecule has 0 bridgehead atoms. The van der Waals surface area contributed by atoms with Gasteiger partial charge in [-0.05, 0) is 23.0 Å². The van der Waals surface area contributed by atoms with Crippen LogP contribution in [-0.2, 0) is 16.6 Å². The van der Waals surface area contributed by atoms with Crippen molar-refractivity contribution < 1.29 is 4.92 Å². The smallest absolute Gasteiger partial charge is 0.258 e. The van der Waals surface area contributed by atoms with Crippen molar-refractivity contribution in [2.75, 3.05) is 12.5 Å². The molecule has 0 aliphatic carbocycles. The van der Waals surface area contributed by atoms with E-state index in [1.54, 1.807) is 12.1 Å². The Kier molecular flexibility index (Phi) is 3.31. The molecule has 13 heavy (non-hydrogen) atoms. The van der Waals surface area contributed by atoms with Gasteiger partial charge in [0.05, 0.1) is 17.4 Å². The molecule has 0 radical (unpaired) electrons. The van der Waals surface area contributed by atoms with Crippen molar-refractivity contribution in [2.24, 2.45) is 0 Å². The first-order valence-electron chi connectivity index (χ1n) is 3.87. The minimum Gasteiger partial charge on any atom is -0.258 e. The van der Waals surface area contributed by atoms with Crippen LogP contribution >= 0.6 is 0 Å². The molecule has 0 aliphatic heterocycles. The molecule has 1 aromatic carbocycles. The molecule has 0 spiro atoms. The Bertz CT molecular complexity index is 295. The summed E-state index contributed by atoms with van der Waals surface area (Å²) in [6.45, 7) is 0. The van der Waals surface area contributed by atoms with Gasteiger partial charge < -0.3 is 0 Å². The summed E-state index contributed by atoms with van der Waals surface area (Å²) in [6.07, 6.45) is 4.31. The first-order chi connectivity index (χ1) is 6.09. The molecule has 0 fully saturated rings. The van der Waals surface area contributed by atoms with Gasteiger partial charge in [0.2, 0.25) is 0 Å². The molecule has 1 aromatic rings. The maximum Gasteiger partial charge on any atom is 0.269 e. The van der Waals surface area contributed by atoms with Crippen molar-refractivity contribution in [1.82, 2.24) is 0 Å². The Hall–Kier alpha value is -1.03. The van der Waals surface area contributed by atoms with Crippen LogP contribution in [0, 0.1) is 10.1 Å². The number of rotatable bonds is 3. The summed E-state index contributed by atoms with van der Waals surface area (Å²) in [5.41, 5.74) is 1.33. The van der Waals surface area contributed by atoms with Gasteiger partial charge in [0.25, 0.3) is 5.69 Å². The second-order valence-corrected chi connectivity index (χ2v) is 5.31. The van der Waals surface area contributed by atoms with Crippen molar-refractivity contribution in [2.45, 2.75) is 5.75 Å². The number of nitrogens with zero attached hydrogens (tertiary/aromatic N) is 1. The van der Waals surface area contributed by atoms with Gasteiger partial charge in [0.15, 0.2) is 0 Å². The van der Waals surface area contributed by atoms with Crippen molar-refractivity contribution in [3.8, 4) is 0 Å². The molecule has 0 N–H and O–H groups in total. The minimum absolute atomic E-state index is 0.163. The van der Waals surface area contributed by atoms with Crippen LogP contribution in [0.3, 0.4) is 0 Å². The monoisotopic (exact) mass is 198 g/mol. The lowest BCUT2D eigenvalue weighted by Crippen LogP contribution is -1.99. The lowest BCUT2D eigenvalue weighted by Gasteiger charge is -1.97. The minimum atomic E-state index is -0.374. The molecule has 0 atom stereocenters. The molecular weight excluding hydrogens is 186 g/mol. The number of non-ortho nitro benzene ring substituents is 1. The summed E-state index contributed by atoms with van der Waals surface area (Å²) in [7, 11) is 0.346. The Balaban J connectivity index is 2.75. The van der Waals surface area contributed by atoms with E-state index in [2.05, 4.69) is 12.5 Å². The van der Waals surface area contributed by atoms with Crippen LogP contribution in [0.15, 0.2) is 24.3 Å². The van der Waals surface area contributed by atoms with Gasteiger partial charge >= 0.3 is 0 Å². The van der Waals surface area contributed by atoms with Crippen LogP contribution < -0.4 is 0 Å². The molecule has 0 aliphatic rings. The third-order valence-electron chi connectivity index (χ3n) is 1.60. The summed E-state index contributed by atoms with van der Waals surface area (Å²) in [5, 5.41) is 10.3. The number of nitro groups is 1. The average molecular weight is 198 g/mol. The number of hydrogen-bond donors (Lipinski definition) is 0. The first kappa shape index (κ1) is 10.1. The van der Waals surface area contributed by atoms with Gasteiger partial charge in [-0.2, -0.15) is 0 Å². The third kappa shape index (κ3) is 3.06. The van der Waals surface area contributed by atoms with Crippen molar-refractivity contribution in [1.29, 1.82) is 0 Å². The van der Waals surface area contributed by atoms with Crippen molar-refractivity contribution in [3.63, 3.8) is 0 Å². The average Bonchev–Trinajstić information content (AvgIpc) is 2.04. The summed E-state index contributed by atoms with van der Waals surface area (Å²) < 4.78 is 0. The van der Waals surface area contributed by atoms with Crippen LogP contribution in [0.4, 0.5) is 5.69 Å². The first-order valence-corrected chi connectivity index (χ1v) is 6.08. The molecule has 0 amide bonds. The fourth-order valence-electron chi connectivity index (χ4n) is 1.05. The molecule has 1 rings (SSSR count). The second-order valence-electron chi connectivity index (χ2n) is 3.05. The maximum atomic E-state index is 10.3. The summed E-state index contributed by atoms with van der Waals surface area (Å²) in [6, 6.07) is 6.76. The lowest BCUT2D eigenvalue weighted by molar-refractivity contribution is -0.384. The van der Waals surface area contributed by atoms with E-state index in [4.69, 9.17) is 0 Å². The standard InChI is InChI=1S/C9H12NO2S/c1-13(2)7-8-3-5-9(6-4-8)10(11)12/h3-6H,7H2,1-2H3/q+1. The zero-order valence-electron chi connectivity index (χ0n) is 7.69. The van der Waals surface area contributed by atoms with Crippen molar-refractivity contribution in [3.05, 3.63) is 39.9 Å². The SMILES string of the molecule is C[S+](C)Cc1ccc([N+](=O)[O-])cc1. The van der Waals surface area contributed by atoms with Crippen LogP contribution in [0.5, 0.6) is 0 Å². The predicted molar refractivity (Wildman–Crippen MR) is 56.0 cm³/mol. The molecule has 70 valence electrons. The van der Waals surface area contributed by atoms with Crippen LogP contribution in [0.25, 0.3) is 0 Å². The number of nitro benzene ring substituents is 1. The van der Waals surface area contributed by atoms with Gasteiger partial charge in [-0.15, -0.1) is 0 Å². The largest absolute Gasteiger partial charge is 0.269 e. The topological polar surface area (TPSA) is 43.1 Å². The van der Waals surface area contributed by atoms with Crippen LogP contribution in [0.2, 0.25) is 0 Å². The van der Waals surface area contributed by atoms with E-state index in [-0.39, 0.29) is 10.6 Å². The quantitative estimate of drug-likeness (QED) is 0.423. The fraction of sp³-hybridized carbons (Fsp3) is 0.333. The molecule has 3 nitrogen and oxygen atoms in total. The molecule has 0 saturated carbocycles. The molecular formula is C9H12NO2S+. The molecule has 0 saturated heterocycles. The third-order valence-corrected chi connectivity index (χ3v) is 2.51. The van der Waals surface area contributed by atoms with Crippen LogP contribution in [0.1, 0.15) is 5.56 Å². The van der Waals surface area contributed by atoms with Gasteiger partial charge in [0, 0.05) is 17.7 Å². The van der Waals surface area contributed by atoms with Gasteiger partial charge in [-0.1, -0.05) is 0 Å². The summed E-state index contributed by atoms with van der Waals surface area (Å²) >= 11 is 0. The normalized spacial score (nSPS) is 10.4. The van der Waals surface area contributed by atoms with Gasteiger partial charge in [-0.25, -0.2) is 0 Å². The van der Waals surface area contributed by atoms with E-state index in [0.29, 0.717) is 10.9 Å². The van der Waals surface area contributed by atoms with E-state index >= 15 is 0 Å².